The molecule has 7 nitrogen and oxygen atoms in total. The summed E-state index contributed by atoms with van der Waals surface area (Å²) < 4.78 is 65.1. The van der Waals surface area contributed by atoms with Crippen molar-refractivity contribution in [1.82, 2.24) is 9.62 Å². The molecule has 1 aliphatic rings. The summed E-state index contributed by atoms with van der Waals surface area (Å²) in [5, 5.41) is 2.82. The van der Waals surface area contributed by atoms with Gasteiger partial charge in [-0.15, -0.1) is 0 Å². The zero-order chi connectivity index (χ0) is 23.4. The van der Waals surface area contributed by atoms with E-state index in [4.69, 9.17) is 0 Å². The van der Waals surface area contributed by atoms with Gasteiger partial charge in [-0.1, -0.05) is 24.3 Å². The molecule has 1 heterocycles. The highest BCUT2D eigenvalue weighted by Crippen LogP contribution is 2.30. The Bertz CT molecular complexity index is 1070. The number of hydrogen-bond acceptors (Lipinski definition) is 4. The molecule has 11 heteroatoms. The number of piperidine rings is 1. The van der Waals surface area contributed by atoms with Crippen LogP contribution in [0.4, 0.5) is 18.9 Å². The monoisotopic (exact) mass is 469 g/mol. The van der Waals surface area contributed by atoms with Crippen LogP contribution in [0.15, 0.2) is 59.5 Å². The van der Waals surface area contributed by atoms with Crippen molar-refractivity contribution in [2.75, 3.05) is 25.0 Å². The van der Waals surface area contributed by atoms with Crippen molar-refractivity contribution in [3.8, 4) is 0 Å². The number of anilines is 1. The summed E-state index contributed by atoms with van der Waals surface area (Å²) in [7, 11) is -4.30. The Labute approximate surface area is 183 Å². The zero-order valence-corrected chi connectivity index (χ0v) is 17.7. The summed E-state index contributed by atoms with van der Waals surface area (Å²) in [6.07, 6.45) is -3.84. The molecule has 1 fully saturated rings. The van der Waals surface area contributed by atoms with E-state index >= 15 is 0 Å². The summed E-state index contributed by atoms with van der Waals surface area (Å²) in [6.45, 7) is -0.0343. The molecule has 0 unspecified atom stereocenters. The Balaban J connectivity index is 1.51. The van der Waals surface area contributed by atoms with Crippen LogP contribution in [0.2, 0.25) is 0 Å². The summed E-state index contributed by atoms with van der Waals surface area (Å²) in [4.78, 5) is 25.6. The Kier molecular flexibility index (Phi) is 7.19. The zero-order valence-electron chi connectivity index (χ0n) is 16.9. The highest BCUT2D eigenvalue weighted by atomic mass is 32.2. The van der Waals surface area contributed by atoms with E-state index in [-0.39, 0.29) is 24.9 Å². The quantitative estimate of drug-likeness (QED) is 0.680. The Hall–Kier alpha value is -2.92. The van der Waals surface area contributed by atoms with Crippen molar-refractivity contribution in [2.24, 2.45) is 5.92 Å². The van der Waals surface area contributed by atoms with Crippen LogP contribution in [0.1, 0.15) is 18.4 Å². The largest absolute Gasteiger partial charge is 0.416 e. The van der Waals surface area contributed by atoms with E-state index in [9.17, 15) is 31.2 Å². The second-order valence-corrected chi connectivity index (χ2v) is 9.13. The molecule has 0 aromatic heterocycles. The van der Waals surface area contributed by atoms with Crippen LogP contribution < -0.4 is 10.0 Å². The maximum Gasteiger partial charge on any atom is 0.416 e. The first kappa shape index (κ1) is 23.7. The van der Waals surface area contributed by atoms with Gasteiger partial charge in [-0.25, -0.2) is 13.1 Å². The Morgan fingerprint density at radius 3 is 2.28 bits per heavy atom. The van der Waals surface area contributed by atoms with E-state index in [0.717, 1.165) is 18.2 Å². The van der Waals surface area contributed by atoms with Crippen LogP contribution in [0.5, 0.6) is 0 Å². The maximum atomic E-state index is 12.8. The van der Waals surface area contributed by atoms with Crippen molar-refractivity contribution in [3.63, 3.8) is 0 Å². The number of amides is 2. The minimum atomic E-state index is -4.68. The first-order chi connectivity index (χ1) is 15.1. The molecule has 1 aliphatic heterocycles. The molecule has 2 N–H and O–H groups in total. The minimum Gasteiger partial charge on any atom is -0.342 e. The summed E-state index contributed by atoms with van der Waals surface area (Å²) >= 11 is 0. The SMILES string of the molecule is O=C(Nc1ccccc1)C1CCN(C(=O)CNS(=O)(=O)c2cccc(C(F)(F)F)c2)CC1. The number of benzene rings is 2. The fourth-order valence-electron chi connectivity index (χ4n) is 3.35. The summed E-state index contributed by atoms with van der Waals surface area (Å²) in [5.74, 6) is -0.933. The maximum absolute atomic E-state index is 12.8. The minimum absolute atomic E-state index is 0.145. The van der Waals surface area contributed by atoms with Crippen LogP contribution in [0, 0.1) is 5.92 Å². The van der Waals surface area contributed by atoms with Gasteiger partial charge in [0.25, 0.3) is 0 Å². The topological polar surface area (TPSA) is 95.6 Å². The van der Waals surface area contributed by atoms with E-state index in [1.54, 1.807) is 24.3 Å². The van der Waals surface area contributed by atoms with Crippen LogP contribution >= 0.6 is 0 Å². The van der Waals surface area contributed by atoms with Gasteiger partial charge in [-0.3, -0.25) is 9.59 Å². The second kappa shape index (κ2) is 9.70. The van der Waals surface area contributed by atoms with E-state index in [0.29, 0.717) is 24.6 Å². The first-order valence-electron chi connectivity index (χ1n) is 9.87. The molecule has 0 saturated carbocycles. The summed E-state index contributed by atoms with van der Waals surface area (Å²) in [5.41, 5.74) is -0.414. The molecule has 0 radical (unpaired) electrons. The molecule has 172 valence electrons. The number of rotatable bonds is 6. The Morgan fingerprint density at radius 2 is 1.66 bits per heavy atom. The number of nitrogens with zero attached hydrogens (tertiary/aromatic N) is 1. The highest BCUT2D eigenvalue weighted by molar-refractivity contribution is 7.89. The number of halogens is 3. The van der Waals surface area contributed by atoms with Gasteiger partial charge in [0.2, 0.25) is 21.8 Å². The molecule has 0 spiro atoms. The lowest BCUT2D eigenvalue weighted by atomic mass is 9.95. The number of nitrogens with one attached hydrogen (secondary N) is 2. The van der Waals surface area contributed by atoms with E-state index in [1.165, 1.54) is 4.90 Å². The van der Waals surface area contributed by atoms with E-state index in [1.807, 2.05) is 6.07 Å². The third-order valence-electron chi connectivity index (χ3n) is 5.14. The van der Waals surface area contributed by atoms with Crippen molar-refractivity contribution in [1.29, 1.82) is 0 Å². The number of alkyl halides is 3. The van der Waals surface area contributed by atoms with Crippen LogP contribution in [-0.2, 0) is 25.8 Å². The molecule has 0 atom stereocenters. The second-order valence-electron chi connectivity index (χ2n) is 7.36. The van der Waals surface area contributed by atoms with Crippen LogP contribution in [-0.4, -0.2) is 44.8 Å². The third kappa shape index (κ3) is 6.07. The normalized spacial score (nSPS) is 15.4. The molecule has 2 aromatic carbocycles. The molecular formula is C21H22F3N3O4S. The fraction of sp³-hybridized carbons (Fsp3) is 0.333. The lowest BCUT2D eigenvalue weighted by Crippen LogP contribution is -2.45. The number of hydrogen-bond donors (Lipinski definition) is 2. The molecule has 0 aliphatic carbocycles. The standard InChI is InChI=1S/C21H22F3N3O4S/c22-21(23,24)16-5-4-8-18(13-16)32(30,31)25-14-19(28)27-11-9-15(10-12-27)20(29)26-17-6-2-1-3-7-17/h1-8,13,15,25H,9-12,14H2,(H,26,29). The van der Waals surface area contributed by atoms with Crippen LogP contribution in [0.25, 0.3) is 0 Å². The number of carbonyl (C=O) groups excluding carboxylic acids is 2. The van der Waals surface area contributed by atoms with Crippen molar-refractivity contribution in [2.45, 2.75) is 23.9 Å². The number of likely N-dealkylation sites (tertiary alicyclic amines) is 1. The predicted octanol–water partition coefficient (Wildman–Crippen LogP) is 2.86. The number of sulfonamides is 1. The van der Waals surface area contributed by atoms with Crippen molar-refractivity contribution >= 4 is 27.5 Å². The average molecular weight is 469 g/mol. The molecule has 3 rings (SSSR count). The van der Waals surface area contributed by atoms with Crippen LogP contribution in [0.3, 0.4) is 0 Å². The van der Waals surface area contributed by atoms with Gasteiger partial charge < -0.3 is 10.2 Å². The molecule has 2 amide bonds. The molecule has 1 saturated heterocycles. The molecule has 32 heavy (non-hydrogen) atoms. The van der Waals surface area contributed by atoms with E-state index < -0.39 is 39.1 Å². The Morgan fingerprint density at radius 1 is 1.00 bits per heavy atom. The van der Waals surface area contributed by atoms with Gasteiger partial charge in [-0.05, 0) is 43.2 Å². The van der Waals surface area contributed by atoms with Gasteiger partial charge in [-0.2, -0.15) is 13.2 Å². The lowest BCUT2D eigenvalue weighted by Gasteiger charge is -2.31. The predicted molar refractivity (Wildman–Crippen MR) is 111 cm³/mol. The molecule has 0 bridgehead atoms. The number of para-hydroxylation sites is 1. The van der Waals surface area contributed by atoms with Gasteiger partial charge in [0.05, 0.1) is 17.0 Å². The van der Waals surface area contributed by atoms with Gasteiger partial charge >= 0.3 is 6.18 Å². The third-order valence-corrected chi connectivity index (χ3v) is 6.54. The lowest BCUT2D eigenvalue weighted by molar-refractivity contribution is -0.137. The fourth-order valence-corrected chi connectivity index (χ4v) is 4.37. The van der Waals surface area contributed by atoms with Gasteiger partial charge in [0.1, 0.15) is 0 Å². The van der Waals surface area contributed by atoms with Gasteiger partial charge in [0.15, 0.2) is 0 Å². The van der Waals surface area contributed by atoms with Gasteiger partial charge in [0, 0.05) is 24.7 Å². The molecular weight excluding hydrogens is 447 g/mol. The smallest absolute Gasteiger partial charge is 0.342 e. The average Bonchev–Trinajstić information content (AvgIpc) is 2.78. The van der Waals surface area contributed by atoms with E-state index in [2.05, 4.69) is 10.0 Å². The van der Waals surface area contributed by atoms with Crippen molar-refractivity contribution in [3.05, 3.63) is 60.2 Å². The molecule has 2 aromatic rings. The number of carbonyl (C=O) groups is 2. The summed E-state index contributed by atoms with van der Waals surface area (Å²) in [6, 6.07) is 12.3. The van der Waals surface area contributed by atoms with Crippen molar-refractivity contribution < 1.29 is 31.2 Å². The highest BCUT2D eigenvalue weighted by Gasteiger charge is 2.32. The first-order valence-corrected chi connectivity index (χ1v) is 11.4.